The number of aryl methyl sites for hydroxylation is 3. The van der Waals surface area contributed by atoms with Gasteiger partial charge in [0.05, 0.1) is 54.0 Å². The highest BCUT2D eigenvalue weighted by Crippen LogP contribution is 2.44. The van der Waals surface area contributed by atoms with Crippen molar-refractivity contribution in [3.8, 4) is 16.9 Å². The molecule has 9 nitrogen and oxygen atoms in total. The fourth-order valence-corrected chi connectivity index (χ4v) is 9.11. The van der Waals surface area contributed by atoms with Crippen LogP contribution in [0, 0.1) is 0 Å². The lowest BCUT2D eigenvalue weighted by atomic mass is 9.98. The molecule has 8 bridgehead atoms. The number of halogens is 1. The normalized spacial score (nSPS) is 15.6. The molecular formula is C36H34ClN5O4S2. The van der Waals surface area contributed by atoms with Gasteiger partial charge in [-0.15, -0.1) is 23.5 Å². The molecule has 0 fully saturated rings. The predicted octanol–water partition coefficient (Wildman–Crippen LogP) is 7.86. The van der Waals surface area contributed by atoms with Crippen LogP contribution in [0.1, 0.15) is 45.2 Å². The minimum atomic E-state index is -0.970. The third kappa shape index (κ3) is 5.56. The Kier molecular flexibility index (Phi) is 8.40. The summed E-state index contributed by atoms with van der Waals surface area (Å²) in [7, 11) is 3.82. The van der Waals surface area contributed by atoms with Crippen LogP contribution < -0.4 is 4.74 Å². The molecule has 0 aliphatic carbocycles. The number of rotatable bonds is 1. The second-order valence-corrected chi connectivity index (χ2v) is 14.6. The molecule has 0 unspecified atom stereocenters. The maximum Gasteiger partial charge on any atom is 0.352 e. The van der Waals surface area contributed by atoms with Crippen LogP contribution in [0.4, 0.5) is 0 Å². The number of nitrogens with zero attached hydrogens (tertiary/aromatic N) is 5. The number of hydrogen-bond donors (Lipinski definition) is 1. The fourth-order valence-electron chi connectivity index (χ4n) is 7.03. The molecule has 0 amide bonds. The van der Waals surface area contributed by atoms with Crippen molar-refractivity contribution < 1.29 is 19.4 Å². The maximum atomic E-state index is 12.8. The van der Waals surface area contributed by atoms with Gasteiger partial charge >= 0.3 is 5.97 Å². The third-order valence-corrected chi connectivity index (χ3v) is 11.5. The van der Waals surface area contributed by atoms with E-state index in [2.05, 4.69) is 30.3 Å². The number of benzene rings is 3. The molecule has 48 heavy (non-hydrogen) atoms. The van der Waals surface area contributed by atoms with Crippen molar-refractivity contribution in [3.63, 3.8) is 0 Å². The van der Waals surface area contributed by atoms with Crippen molar-refractivity contribution in [2.75, 3.05) is 13.2 Å². The third-order valence-electron chi connectivity index (χ3n) is 9.21. The van der Waals surface area contributed by atoms with E-state index in [9.17, 15) is 9.90 Å². The van der Waals surface area contributed by atoms with Gasteiger partial charge in [0.15, 0.2) is 0 Å². The second-order valence-electron chi connectivity index (χ2n) is 12.2. The van der Waals surface area contributed by atoms with Crippen molar-refractivity contribution >= 4 is 62.8 Å². The van der Waals surface area contributed by atoms with Gasteiger partial charge < -0.3 is 19.1 Å². The molecule has 0 spiro atoms. The van der Waals surface area contributed by atoms with Crippen LogP contribution in [-0.4, -0.2) is 48.4 Å². The summed E-state index contributed by atoms with van der Waals surface area (Å²) in [6.07, 6.45) is 1.17. The Labute approximate surface area is 291 Å². The average Bonchev–Trinajstić information content (AvgIpc) is 3.72. The van der Waals surface area contributed by atoms with Crippen LogP contribution in [0.25, 0.3) is 32.8 Å². The van der Waals surface area contributed by atoms with Gasteiger partial charge in [-0.3, -0.25) is 9.36 Å². The molecule has 8 rings (SSSR count). The van der Waals surface area contributed by atoms with Crippen molar-refractivity contribution in [2.45, 2.75) is 48.1 Å². The summed E-state index contributed by atoms with van der Waals surface area (Å²) in [5, 5.41) is 24.0. The van der Waals surface area contributed by atoms with E-state index in [0.29, 0.717) is 50.0 Å². The van der Waals surface area contributed by atoms with Gasteiger partial charge in [0.2, 0.25) is 0 Å². The Morgan fingerprint density at radius 3 is 2.73 bits per heavy atom. The molecule has 6 aromatic rings. The number of aromatic nitrogens is 5. The quantitative estimate of drug-likeness (QED) is 0.185. The first-order valence-electron chi connectivity index (χ1n) is 15.9. The van der Waals surface area contributed by atoms with Gasteiger partial charge in [0.25, 0.3) is 0 Å². The molecule has 3 aromatic carbocycles. The SMILES string of the molecule is Cn1nc2cc1CSc1cc(c3ccccc3c1)OCCCc1c(C(=O)O)n(C)c3c(c(Cl)ccc13)-c1c(nn3c1COCC3)CSC2. The highest BCUT2D eigenvalue weighted by Gasteiger charge is 2.29. The van der Waals surface area contributed by atoms with E-state index >= 15 is 0 Å². The smallest absolute Gasteiger partial charge is 0.352 e. The minimum absolute atomic E-state index is 0.263. The number of hydrogen-bond acceptors (Lipinski definition) is 7. The molecule has 3 aromatic heterocycles. The number of carboxylic acids is 1. The zero-order chi connectivity index (χ0) is 32.9. The molecule has 2 aliphatic heterocycles. The van der Waals surface area contributed by atoms with Gasteiger partial charge in [-0.25, -0.2) is 4.79 Å². The van der Waals surface area contributed by atoms with Gasteiger partial charge in [-0.05, 0) is 48.1 Å². The number of carbonyl (C=O) groups is 1. The molecule has 0 radical (unpaired) electrons. The van der Waals surface area contributed by atoms with Crippen molar-refractivity contribution in [1.82, 2.24) is 24.1 Å². The zero-order valence-electron chi connectivity index (χ0n) is 26.7. The van der Waals surface area contributed by atoms with E-state index in [1.54, 1.807) is 28.1 Å². The molecule has 0 atom stereocenters. The molecule has 246 valence electrons. The highest BCUT2D eigenvalue weighted by molar-refractivity contribution is 7.98. The largest absolute Gasteiger partial charge is 0.493 e. The van der Waals surface area contributed by atoms with Crippen molar-refractivity contribution in [2.24, 2.45) is 14.1 Å². The van der Waals surface area contributed by atoms with Crippen LogP contribution in [0.3, 0.4) is 0 Å². The van der Waals surface area contributed by atoms with E-state index in [1.165, 1.54) is 0 Å². The fraction of sp³-hybridized carbons (Fsp3) is 0.306. The van der Waals surface area contributed by atoms with Gasteiger partial charge in [0, 0.05) is 63.8 Å². The summed E-state index contributed by atoms with van der Waals surface area (Å²) in [6.45, 7) is 2.09. The molecule has 1 N–H and O–H groups in total. The van der Waals surface area contributed by atoms with Crippen LogP contribution in [-0.2, 0) is 55.7 Å². The maximum absolute atomic E-state index is 12.8. The van der Waals surface area contributed by atoms with E-state index in [1.807, 2.05) is 47.7 Å². The number of fused-ring (bicyclic) bond motifs is 10. The number of aromatic carboxylic acids is 1. The zero-order valence-corrected chi connectivity index (χ0v) is 29.1. The Morgan fingerprint density at radius 1 is 0.979 bits per heavy atom. The molecular weight excluding hydrogens is 666 g/mol. The standard InChI is InChI=1S/C36H34ClN5O4S2/c1-40-34-27-9-10-28(37)32(34)33-29(39-42-11-13-45-17-30(33)42)20-47-18-22-15-23(41(2)38-22)19-48-24-14-21-6-3-4-7-25(21)31(16-24)46-12-5-8-26(27)35(40)36(43)44/h3-4,6-7,9-10,14-16H,5,8,11-13,17-20H2,1-2H3,(H,43,44). The molecule has 0 saturated heterocycles. The highest BCUT2D eigenvalue weighted by atomic mass is 35.5. The van der Waals surface area contributed by atoms with Crippen LogP contribution >= 0.6 is 35.1 Å². The first kappa shape index (κ1) is 31.4. The lowest BCUT2D eigenvalue weighted by Crippen LogP contribution is -2.17. The Morgan fingerprint density at radius 2 is 1.85 bits per heavy atom. The molecule has 2 aliphatic rings. The predicted molar refractivity (Wildman–Crippen MR) is 191 cm³/mol. The molecule has 12 heteroatoms. The van der Waals surface area contributed by atoms with E-state index < -0.39 is 5.97 Å². The van der Waals surface area contributed by atoms with Gasteiger partial charge in [0.1, 0.15) is 11.4 Å². The topological polar surface area (TPSA) is 96.3 Å². The summed E-state index contributed by atoms with van der Waals surface area (Å²) in [5.74, 6) is 2.00. The van der Waals surface area contributed by atoms with Crippen molar-refractivity contribution in [3.05, 3.63) is 93.7 Å². The van der Waals surface area contributed by atoms with E-state index in [-0.39, 0.29) is 5.69 Å². The first-order valence-corrected chi connectivity index (χ1v) is 18.5. The number of ether oxygens (including phenoxy) is 2. The summed E-state index contributed by atoms with van der Waals surface area (Å²) in [6, 6.07) is 18.6. The van der Waals surface area contributed by atoms with Crippen LogP contribution in [0.15, 0.2) is 59.5 Å². The average molecular weight is 700 g/mol. The first-order chi connectivity index (χ1) is 23.4. The van der Waals surface area contributed by atoms with Gasteiger partial charge in [-0.1, -0.05) is 41.9 Å². The molecule has 5 heterocycles. The summed E-state index contributed by atoms with van der Waals surface area (Å²) in [4.78, 5) is 13.9. The Hall–Kier alpha value is -3.90. The van der Waals surface area contributed by atoms with Gasteiger partial charge in [-0.2, -0.15) is 10.2 Å². The van der Waals surface area contributed by atoms with Crippen LogP contribution in [0.2, 0.25) is 5.02 Å². The summed E-state index contributed by atoms with van der Waals surface area (Å²) >= 11 is 10.6. The number of thioether (sulfide) groups is 2. The lowest BCUT2D eigenvalue weighted by molar-refractivity contribution is 0.0685. The number of carboxylic acid groups (broad SMARTS) is 1. The minimum Gasteiger partial charge on any atom is -0.493 e. The second kappa shape index (κ2) is 12.9. The Bertz CT molecular complexity index is 2220. The summed E-state index contributed by atoms with van der Waals surface area (Å²) < 4.78 is 18.2. The van der Waals surface area contributed by atoms with E-state index in [0.717, 1.165) is 83.3 Å². The van der Waals surface area contributed by atoms with E-state index in [4.69, 9.17) is 31.3 Å². The monoisotopic (exact) mass is 699 g/mol. The Balaban J connectivity index is 1.27. The lowest BCUT2D eigenvalue weighted by Gasteiger charge is -2.17. The van der Waals surface area contributed by atoms with Crippen LogP contribution in [0.5, 0.6) is 5.75 Å². The molecule has 0 saturated carbocycles. The summed E-state index contributed by atoms with van der Waals surface area (Å²) in [5.41, 5.74) is 7.60. The van der Waals surface area contributed by atoms with Crippen molar-refractivity contribution in [1.29, 1.82) is 0 Å².